The summed E-state index contributed by atoms with van der Waals surface area (Å²) in [4.78, 5) is 18.5. The van der Waals surface area contributed by atoms with Crippen molar-refractivity contribution >= 4 is 27.5 Å². The summed E-state index contributed by atoms with van der Waals surface area (Å²) in [7, 11) is 5.63. The number of hydrogen-bond donors (Lipinski definition) is 2. The Morgan fingerprint density at radius 3 is 2.67 bits per heavy atom. The Bertz CT molecular complexity index is 1930. The molecule has 0 radical (unpaired) electrons. The van der Waals surface area contributed by atoms with E-state index in [4.69, 9.17) is 25.6 Å². The molecule has 3 fully saturated rings. The molecule has 2 aromatic heterocycles. The highest BCUT2D eigenvalue weighted by Gasteiger charge is 2.49. The summed E-state index contributed by atoms with van der Waals surface area (Å²) in [5, 5.41) is 14.7. The van der Waals surface area contributed by atoms with Gasteiger partial charge in [0.2, 0.25) is 0 Å². The van der Waals surface area contributed by atoms with Crippen molar-refractivity contribution in [3.63, 3.8) is 0 Å². The molecular formula is C37H42F2N6O4. The third kappa shape index (κ3) is 5.82. The molecule has 0 amide bonds. The summed E-state index contributed by atoms with van der Waals surface area (Å²) in [6.45, 7) is 1.88. The number of halogens is 2. The second-order valence-corrected chi connectivity index (χ2v) is 13.7. The molecular weight excluding hydrogens is 630 g/mol. The molecule has 2 saturated heterocycles. The molecule has 4 aromatic rings. The van der Waals surface area contributed by atoms with Crippen molar-refractivity contribution in [1.82, 2.24) is 24.8 Å². The van der Waals surface area contributed by atoms with Gasteiger partial charge in [-0.2, -0.15) is 9.97 Å². The van der Waals surface area contributed by atoms with E-state index in [1.807, 2.05) is 0 Å². The van der Waals surface area contributed by atoms with Crippen molar-refractivity contribution in [2.24, 2.45) is 0 Å². The molecule has 0 unspecified atom stereocenters. The average molecular weight is 673 g/mol. The summed E-state index contributed by atoms with van der Waals surface area (Å²) in [5.41, 5.74) is -0.0698. The SMILES string of the molecule is C#Cc1c(F)ccc2cc(OCOC)cc(-c3ncc4c(NCC5(N(C)C)CCC5)nc(OC[C@]56CCCN5[C@@H](CO)CC6)nc4c3F)c12. The number of methoxy groups -OCH3 is 1. The zero-order valence-electron chi connectivity index (χ0n) is 28.2. The Morgan fingerprint density at radius 1 is 1.12 bits per heavy atom. The van der Waals surface area contributed by atoms with E-state index in [0.29, 0.717) is 40.9 Å². The zero-order chi connectivity index (χ0) is 34.3. The fourth-order valence-corrected chi connectivity index (χ4v) is 7.99. The molecule has 1 aliphatic carbocycles. The maximum atomic E-state index is 17.0. The molecule has 258 valence electrons. The van der Waals surface area contributed by atoms with Gasteiger partial charge in [-0.25, -0.2) is 8.78 Å². The molecule has 2 aliphatic heterocycles. The molecule has 10 nitrogen and oxygen atoms in total. The van der Waals surface area contributed by atoms with Gasteiger partial charge in [-0.15, -0.1) is 6.42 Å². The van der Waals surface area contributed by atoms with Gasteiger partial charge in [0, 0.05) is 42.4 Å². The minimum absolute atomic E-state index is 0.00578. The summed E-state index contributed by atoms with van der Waals surface area (Å²) in [6, 6.07) is 6.28. The molecule has 2 aromatic carbocycles. The third-order valence-electron chi connectivity index (χ3n) is 11.0. The molecule has 1 saturated carbocycles. The Kier molecular flexibility index (Phi) is 9.04. The van der Waals surface area contributed by atoms with Crippen LogP contribution in [0.5, 0.6) is 11.8 Å². The number of benzene rings is 2. The van der Waals surface area contributed by atoms with E-state index in [2.05, 4.69) is 45.1 Å². The average Bonchev–Trinajstić information content (AvgIpc) is 3.65. The van der Waals surface area contributed by atoms with Crippen LogP contribution < -0.4 is 14.8 Å². The highest BCUT2D eigenvalue weighted by atomic mass is 19.1. The standard InChI is InChI=1S/C37H42F2N6O4/c1-5-26-29(38)9-8-23-16-25(49-22-47-4)17-27(30(23)26)32-31(39)33-28(18-40-32)34(41-20-36(44(2)3)11-6-12-36)43-35(42-33)48-21-37-13-7-15-45(37)24(19-46)10-14-37/h1,8-9,16-18,24,46H,6-7,10-15,19-22H2,2-4H3,(H,41,42,43)/t24-,37-/m1/s1. The van der Waals surface area contributed by atoms with Gasteiger partial charge in [-0.05, 0) is 89.2 Å². The van der Waals surface area contributed by atoms with Crippen LogP contribution in [0.2, 0.25) is 0 Å². The fourth-order valence-electron chi connectivity index (χ4n) is 7.99. The van der Waals surface area contributed by atoms with E-state index in [-0.39, 0.29) is 58.9 Å². The second-order valence-electron chi connectivity index (χ2n) is 13.7. The number of aliphatic hydroxyl groups excluding tert-OH is 1. The van der Waals surface area contributed by atoms with Gasteiger partial charge < -0.3 is 29.5 Å². The first-order chi connectivity index (χ1) is 23.7. The monoisotopic (exact) mass is 672 g/mol. The molecule has 2 N–H and O–H groups in total. The van der Waals surface area contributed by atoms with Crippen LogP contribution in [0.1, 0.15) is 50.5 Å². The second kappa shape index (κ2) is 13.3. The van der Waals surface area contributed by atoms with E-state index >= 15 is 8.78 Å². The van der Waals surface area contributed by atoms with E-state index in [1.165, 1.54) is 19.4 Å². The lowest BCUT2D eigenvalue weighted by Crippen LogP contribution is -2.54. The lowest BCUT2D eigenvalue weighted by atomic mass is 9.75. The molecule has 0 spiro atoms. The molecule has 0 bridgehead atoms. The van der Waals surface area contributed by atoms with Crippen LogP contribution in [0.4, 0.5) is 14.6 Å². The van der Waals surface area contributed by atoms with Crippen LogP contribution in [-0.4, -0.2) is 101 Å². The molecule has 4 heterocycles. The Labute approximate surface area is 284 Å². The smallest absolute Gasteiger partial charge is 0.319 e. The van der Waals surface area contributed by atoms with Gasteiger partial charge in [0.25, 0.3) is 0 Å². The van der Waals surface area contributed by atoms with Crippen molar-refractivity contribution in [3.8, 4) is 35.4 Å². The number of terminal acetylenes is 1. The topological polar surface area (TPSA) is 105 Å². The first-order valence-electron chi connectivity index (χ1n) is 16.9. The van der Waals surface area contributed by atoms with E-state index in [0.717, 1.165) is 51.5 Å². The van der Waals surface area contributed by atoms with Crippen LogP contribution in [0, 0.1) is 24.0 Å². The normalized spacial score (nSPS) is 21.6. The van der Waals surface area contributed by atoms with Crippen molar-refractivity contribution in [2.45, 2.75) is 62.1 Å². The number of nitrogens with one attached hydrogen (secondary N) is 1. The Morgan fingerprint density at radius 2 is 1.96 bits per heavy atom. The van der Waals surface area contributed by atoms with Gasteiger partial charge in [0.05, 0.1) is 23.1 Å². The molecule has 12 heteroatoms. The Balaban J connectivity index is 1.34. The predicted molar refractivity (Wildman–Crippen MR) is 184 cm³/mol. The minimum atomic E-state index is -0.724. The number of hydrogen-bond acceptors (Lipinski definition) is 10. The number of anilines is 1. The number of nitrogens with zero attached hydrogens (tertiary/aromatic N) is 5. The summed E-state index contributed by atoms with van der Waals surface area (Å²) in [5.74, 6) is 1.91. The Hall–Kier alpha value is -4.15. The molecule has 3 aliphatic rings. The van der Waals surface area contributed by atoms with Crippen LogP contribution in [0.15, 0.2) is 30.5 Å². The molecule has 49 heavy (non-hydrogen) atoms. The lowest BCUT2D eigenvalue weighted by molar-refractivity contribution is 0.0512. The highest BCUT2D eigenvalue weighted by Crippen LogP contribution is 2.43. The minimum Gasteiger partial charge on any atom is -0.468 e. The maximum Gasteiger partial charge on any atom is 0.319 e. The third-order valence-corrected chi connectivity index (χ3v) is 11.0. The molecule has 7 rings (SSSR count). The largest absolute Gasteiger partial charge is 0.468 e. The summed E-state index contributed by atoms with van der Waals surface area (Å²) in [6.07, 6.45) is 14.2. The van der Waals surface area contributed by atoms with Crippen molar-refractivity contribution in [1.29, 1.82) is 0 Å². The van der Waals surface area contributed by atoms with Crippen molar-refractivity contribution in [3.05, 3.63) is 47.7 Å². The van der Waals surface area contributed by atoms with Crippen LogP contribution in [0.3, 0.4) is 0 Å². The summed E-state index contributed by atoms with van der Waals surface area (Å²) < 4.78 is 49.2. The number of ether oxygens (including phenoxy) is 3. The van der Waals surface area contributed by atoms with E-state index in [1.54, 1.807) is 18.2 Å². The first kappa shape index (κ1) is 33.4. The highest BCUT2D eigenvalue weighted by molar-refractivity contribution is 6.03. The van der Waals surface area contributed by atoms with Gasteiger partial charge in [-0.3, -0.25) is 9.88 Å². The number of likely N-dealkylation sites (N-methyl/N-ethyl adjacent to an activating group) is 1. The number of rotatable bonds is 12. The van der Waals surface area contributed by atoms with Gasteiger partial charge in [-0.1, -0.05) is 12.0 Å². The van der Waals surface area contributed by atoms with Crippen LogP contribution >= 0.6 is 0 Å². The first-order valence-corrected chi connectivity index (χ1v) is 16.9. The van der Waals surface area contributed by atoms with Crippen molar-refractivity contribution < 1.29 is 28.1 Å². The van der Waals surface area contributed by atoms with E-state index < -0.39 is 11.6 Å². The fraction of sp³-hybridized carbons (Fsp3) is 0.486. The number of pyridine rings is 1. The number of aliphatic hydroxyl groups is 1. The number of aromatic nitrogens is 3. The van der Waals surface area contributed by atoms with E-state index in [9.17, 15) is 5.11 Å². The van der Waals surface area contributed by atoms with Gasteiger partial charge in [0.15, 0.2) is 12.6 Å². The van der Waals surface area contributed by atoms with Gasteiger partial charge in [0.1, 0.15) is 35.2 Å². The zero-order valence-corrected chi connectivity index (χ0v) is 28.2. The van der Waals surface area contributed by atoms with Gasteiger partial charge >= 0.3 is 6.01 Å². The number of fused-ring (bicyclic) bond motifs is 3. The predicted octanol–water partition coefficient (Wildman–Crippen LogP) is 5.35. The van der Waals surface area contributed by atoms with Crippen LogP contribution in [-0.2, 0) is 4.74 Å². The molecule has 2 atom stereocenters. The lowest BCUT2D eigenvalue weighted by Gasteiger charge is -2.47. The van der Waals surface area contributed by atoms with Crippen molar-refractivity contribution in [2.75, 3.05) is 59.6 Å². The quantitative estimate of drug-likeness (QED) is 0.151. The maximum absolute atomic E-state index is 17.0. The van der Waals surface area contributed by atoms with Crippen LogP contribution in [0.25, 0.3) is 32.9 Å². The summed E-state index contributed by atoms with van der Waals surface area (Å²) >= 11 is 0.